The van der Waals surface area contributed by atoms with Gasteiger partial charge in [-0.3, -0.25) is 10.1 Å². The van der Waals surface area contributed by atoms with E-state index in [1.165, 1.54) is 0 Å². The Balaban J connectivity index is 3.89. The minimum Gasteiger partial charge on any atom is -0.504 e. The second-order valence-electron chi connectivity index (χ2n) is 3.65. The maximum Gasteiger partial charge on any atom is 0.346 e. The molecule has 1 rings (SSSR count). The molecule has 7 heteroatoms. The average molecular weight is 255 g/mol. The Labute approximate surface area is 102 Å². The lowest BCUT2D eigenvalue weighted by Gasteiger charge is -2.13. The number of aromatic hydroxyl groups is 2. The zero-order valence-electron chi connectivity index (χ0n) is 9.93. The van der Waals surface area contributed by atoms with E-state index in [1.807, 2.05) is 0 Å². The molecule has 0 bridgehead atoms. The number of nitrogens with zero attached hydrogens (tertiary/aromatic N) is 1. The molecule has 18 heavy (non-hydrogen) atoms. The van der Waals surface area contributed by atoms with Crippen LogP contribution < -0.4 is 0 Å². The SMILES string of the molecule is CCc1c(O)c(O)c(C(=O)O)c([N+](=O)[O-])c1CC. The Bertz CT molecular complexity index is 523. The quantitative estimate of drug-likeness (QED) is 0.428. The Morgan fingerprint density at radius 2 is 1.67 bits per heavy atom. The van der Waals surface area contributed by atoms with Crippen LogP contribution in [0.4, 0.5) is 5.69 Å². The van der Waals surface area contributed by atoms with Crippen molar-refractivity contribution in [1.82, 2.24) is 0 Å². The Morgan fingerprint density at radius 3 is 2.00 bits per heavy atom. The minimum atomic E-state index is -1.65. The first-order chi connectivity index (χ1) is 8.36. The highest BCUT2D eigenvalue weighted by molar-refractivity contribution is 5.98. The molecule has 98 valence electrons. The number of nitro groups is 1. The summed E-state index contributed by atoms with van der Waals surface area (Å²) in [7, 11) is 0. The number of benzene rings is 1. The van der Waals surface area contributed by atoms with Crippen LogP contribution in [0.1, 0.15) is 35.3 Å². The summed E-state index contributed by atoms with van der Waals surface area (Å²) in [6, 6.07) is 0. The molecule has 1 aromatic carbocycles. The number of carbonyl (C=O) groups is 1. The lowest BCUT2D eigenvalue weighted by atomic mass is 9.95. The molecular weight excluding hydrogens is 242 g/mol. The summed E-state index contributed by atoms with van der Waals surface area (Å²) < 4.78 is 0. The fourth-order valence-electron chi connectivity index (χ4n) is 1.98. The summed E-state index contributed by atoms with van der Waals surface area (Å²) in [5, 5.41) is 39.2. The van der Waals surface area contributed by atoms with Crippen LogP contribution in [0.25, 0.3) is 0 Å². The first-order valence-electron chi connectivity index (χ1n) is 5.34. The van der Waals surface area contributed by atoms with Crippen molar-refractivity contribution in [3.05, 3.63) is 26.8 Å². The van der Waals surface area contributed by atoms with Crippen molar-refractivity contribution >= 4 is 11.7 Å². The van der Waals surface area contributed by atoms with Crippen molar-refractivity contribution in [2.45, 2.75) is 26.7 Å². The van der Waals surface area contributed by atoms with Gasteiger partial charge in [0.1, 0.15) is 0 Å². The van der Waals surface area contributed by atoms with E-state index in [9.17, 15) is 25.1 Å². The second kappa shape index (κ2) is 4.91. The van der Waals surface area contributed by atoms with Crippen molar-refractivity contribution in [3.8, 4) is 11.5 Å². The predicted octanol–water partition coefficient (Wildman–Crippen LogP) is 1.83. The minimum absolute atomic E-state index is 0.134. The molecule has 0 spiro atoms. The van der Waals surface area contributed by atoms with Gasteiger partial charge in [-0.25, -0.2) is 4.79 Å². The summed E-state index contributed by atoms with van der Waals surface area (Å²) >= 11 is 0. The maximum atomic E-state index is 11.0. The summed E-state index contributed by atoms with van der Waals surface area (Å²) in [6.45, 7) is 3.27. The number of nitro benzene ring substituents is 1. The van der Waals surface area contributed by atoms with Crippen LogP contribution in [-0.2, 0) is 12.8 Å². The van der Waals surface area contributed by atoms with E-state index in [1.54, 1.807) is 13.8 Å². The van der Waals surface area contributed by atoms with Crippen LogP contribution in [-0.4, -0.2) is 26.2 Å². The Hall–Kier alpha value is -2.31. The fourth-order valence-corrected chi connectivity index (χ4v) is 1.98. The van der Waals surface area contributed by atoms with E-state index in [4.69, 9.17) is 5.11 Å². The third-order valence-corrected chi connectivity index (χ3v) is 2.74. The molecule has 0 saturated heterocycles. The molecule has 0 radical (unpaired) electrons. The number of carboxylic acids is 1. The smallest absolute Gasteiger partial charge is 0.346 e. The molecule has 0 saturated carbocycles. The molecule has 0 unspecified atom stereocenters. The van der Waals surface area contributed by atoms with E-state index in [0.717, 1.165) is 0 Å². The largest absolute Gasteiger partial charge is 0.504 e. The predicted molar refractivity (Wildman–Crippen MR) is 62.1 cm³/mol. The maximum absolute atomic E-state index is 11.0. The second-order valence-corrected chi connectivity index (χ2v) is 3.65. The van der Waals surface area contributed by atoms with Crippen molar-refractivity contribution in [2.24, 2.45) is 0 Å². The van der Waals surface area contributed by atoms with Crippen LogP contribution in [0.2, 0.25) is 0 Å². The third-order valence-electron chi connectivity index (χ3n) is 2.74. The van der Waals surface area contributed by atoms with Crippen molar-refractivity contribution in [1.29, 1.82) is 0 Å². The number of hydrogen-bond acceptors (Lipinski definition) is 5. The third kappa shape index (κ3) is 1.94. The standard InChI is InChI=1S/C11H13NO6/c1-3-5-6(4-2)9(13)10(14)7(11(15)16)8(5)12(17)18/h13-14H,3-4H2,1-2H3,(H,15,16). The van der Waals surface area contributed by atoms with Gasteiger partial charge in [0.15, 0.2) is 17.1 Å². The zero-order chi connectivity index (χ0) is 14.0. The highest BCUT2D eigenvalue weighted by atomic mass is 16.6. The van der Waals surface area contributed by atoms with Gasteiger partial charge in [-0.2, -0.15) is 0 Å². The molecule has 1 aromatic rings. The molecule has 0 aliphatic heterocycles. The van der Waals surface area contributed by atoms with E-state index in [0.29, 0.717) is 0 Å². The van der Waals surface area contributed by atoms with Crippen LogP contribution in [0.3, 0.4) is 0 Å². The van der Waals surface area contributed by atoms with Gasteiger partial charge in [-0.1, -0.05) is 13.8 Å². The molecule has 0 aromatic heterocycles. The Kier molecular flexibility index (Phi) is 3.75. The summed E-state index contributed by atoms with van der Waals surface area (Å²) in [6.07, 6.45) is 0.441. The van der Waals surface area contributed by atoms with Gasteiger partial charge in [0, 0.05) is 11.1 Å². The molecule has 0 aliphatic rings. The van der Waals surface area contributed by atoms with E-state index in [-0.39, 0.29) is 24.0 Å². The number of hydrogen-bond donors (Lipinski definition) is 3. The van der Waals surface area contributed by atoms with Gasteiger partial charge in [0.05, 0.1) is 4.92 Å². The highest BCUT2D eigenvalue weighted by Gasteiger charge is 2.33. The fraction of sp³-hybridized carbons (Fsp3) is 0.364. The van der Waals surface area contributed by atoms with E-state index < -0.39 is 33.6 Å². The number of rotatable bonds is 4. The normalized spacial score (nSPS) is 10.3. The van der Waals surface area contributed by atoms with Crippen molar-refractivity contribution in [2.75, 3.05) is 0 Å². The number of carboxylic acid groups (broad SMARTS) is 1. The lowest BCUT2D eigenvalue weighted by Crippen LogP contribution is -2.09. The van der Waals surface area contributed by atoms with Gasteiger partial charge in [0.25, 0.3) is 5.69 Å². The van der Waals surface area contributed by atoms with E-state index >= 15 is 0 Å². The monoisotopic (exact) mass is 255 g/mol. The number of phenols is 2. The molecule has 0 amide bonds. The van der Waals surface area contributed by atoms with E-state index in [2.05, 4.69) is 0 Å². The first kappa shape index (κ1) is 13.8. The lowest BCUT2D eigenvalue weighted by molar-refractivity contribution is -0.386. The summed E-state index contributed by atoms with van der Waals surface area (Å²) in [5.74, 6) is -3.20. The van der Waals surface area contributed by atoms with Crippen LogP contribution in [0, 0.1) is 10.1 Å². The summed E-state index contributed by atoms with van der Waals surface area (Å²) in [4.78, 5) is 21.1. The van der Waals surface area contributed by atoms with Crippen LogP contribution >= 0.6 is 0 Å². The highest BCUT2D eigenvalue weighted by Crippen LogP contribution is 2.43. The molecule has 0 aliphatic carbocycles. The van der Waals surface area contributed by atoms with Crippen LogP contribution in [0.5, 0.6) is 11.5 Å². The number of aromatic carboxylic acids is 1. The van der Waals surface area contributed by atoms with Gasteiger partial charge < -0.3 is 15.3 Å². The molecule has 0 fully saturated rings. The molecule has 3 N–H and O–H groups in total. The molecule has 0 atom stereocenters. The first-order valence-corrected chi connectivity index (χ1v) is 5.34. The summed E-state index contributed by atoms with van der Waals surface area (Å²) in [5.41, 5.74) is -1.19. The zero-order valence-corrected chi connectivity index (χ0v) is 9.93. The van der Waals surface area contributed by atoms with Gasteiger partial charge in [0.2, 0.25) is 0 Å². The average Bonchev–Trinajstić information content (AvgIpc) is 2.30. The van der Waals surface area contributed by atoms with Gasteiger partial charge in [-0.15, -0.1) is 0 Å². The van der Waals surface area contributed by atoms with Crippen molar-refractivity contribution < 1.29 is 25.0 Å². The molecular formula is C11H13NO6. The number of phenolic OH excluding ortho intramolecular Hbond substituents is 1. The molecule has 0 heterocycles. The molecule has 7 nitrogen and oxygen atoms in total. The van der Waals surface area contributed by atoms with Crippen LogP contribution in [0.15, 0.2) is 0 Å². The Morgan fingerprint density at radius 1 is 1.17 bits per heavy atom. The topological polar surface area (TPSA) is 121 Å². The van der Waals surface area contributed by atoms with Crippen molar-refractivity contribution in [3.63, 3.8) is 0 Å². The van der Waals surface area contributed by atoms with Gasteiger partial charge in [-0.05, 0) is 12.8 Å². The van der Waals surface area contributed by atoms with Gasteiger partial charge >= 0.3 is 5.97 Å².